The minimum Gasteiger partial charge on any atom is -0.351 e. The van der Waals surface area contributed by atoms with E-state index in [0.717, 1.165) is 38.0 Å². The van der Waals surface area contributed by atoms with Crippen LogP contribution in [-0.2, 0) is 0 Å². The van der Waals surface area contributed by atoms with Crippen LogP contribution in [0.2, 0.25) is 0 Å². The molecule has 20 heavy (non-hydrogen) atoms. The van der Waals surface area contributed by atoms with Crippen LogP contribution in [0.5, 0.6) is 0 Å². The first kappa shape index (κ1) is 15.0. The number of rotatable bonds is 5. The maximum absolute atomic E-state index is 12.2. The molecule has 2 heterocycles. The molecule has 0 radical (unpaired) electrons. The fourth-order valence-corrected chi connectivity index (χ4v) is 2.76. The second-order valence-electron chi connectivity index (χ2n) is 5.68. The van der Waals surface area contributed by atoms with Crippen LogP contribution in [-0.4, -0.2) is 30.2 Å². The van der Waals surface area contributed by atoms with E-state index in [1.165, 1.54) is 0 Å². The number of carbonyl (C=O) groups excluding carboxylic acids is 1. The van der Waals surface area contributed by atoms with Crippen molar-refractivity contribution < 1.29 is 9.32 Å². The van der Waals surface area contributed by atoms with E-state index >= 15 is 0 Å². The van der Waals surface area contributed by atoms with Crippen molar-refractivity contribution in [1.82, 2.24) is 15.8 Å². The highest BCUT2D eigenvalue weighted by Crippen LogP contribution is 2.22. The molecule has 2 N–H and O–H groups in total. The van der Waals surface area contributed by atoms with Crippen LogP contribution >= 0.6 is 0 Å². The molecule has 1 aliphatic heterocycles. The third kappa shape index (κ3) is 3.39. The van der Waals surface area contributed by atoms with Gasteiger partial charge in [-0.15, -0.1) is 0 Å². The van der Waals surface area contributed by atoms with Gasteiger partial charge in [-0.25, -0.2) is 0 Å². The zero-order valence-corrected chi connectivity index (χ0v) is 12.6. The van der Waals surface area contributed by atoms with Crippen LogP contribution in [0.3, 0.4) is 0 Å². The van der Waals surface area contributed by atoms with E-state index in [2.05, 4.69) is 36.6 Å². The van der Waals surface area contributed by atoms with Gasteiger partial charge in [0.05, 0.1) is 5.69 Å². The minimum absolute atomic E-state index is 0.145. The van der Waals surface area contributed by atoms with Crippen molar-refractivity contribution in [3.63, 3.8) is 0 Å². The summed E-state index contributed by atoms with van der Waals surface area (Å²) in [5.74, 6) is 0.998. The lowest BCUT2D eigenvalue weighted by Gasteiger charge is -2.29. The highest BCUT2D eigenvalue weighted by atomic mass is 16.5. The highest BCUT2D eigenvalue weighted by molar-refractivity contribution is 5.91. The Labute approximate surface area is 120 Å². The summed E-state index contributed by atoms with van der Waals surface area (Å²) in [4.78, 5) is 12.2. The Morgan fingerprint density at radius 3 is 2.95 bits per heavy atom. The molecule has 1 saturated heterocycles. The van der Waals surface area contributed by atoms with Gasteiger partial charge < -0.3 is 15.2 Å². The zero-order valence-electron chi connectivity index (χ0n) is 12.6. The average molecular weight is 279 g/mol. The quantitative estimate of drug-likeness (QED) is 0.868. The van der Waals surface area contributed by atoms with Gasteiger partial charge in [-0.2, -0.15) is 0 Å². The van der Waals surface area contributed by atoms with Crippen LogP contribution in [0.15, 0.2) is 10.6 Å². The lowest BCUT2D eigenvalue weighted by Crippen LogP contribution is -2.48. The topological polar surface area (TPSA) is 67.2 Å². The molecule has 1 fully saturated rings. The summed E-state index contributed by atoms with van der Waals surface area (Å²) in [6.45, 7) is 8.29. The molecule has 0 bridgehead atoms. The fraction of sp³-hybridized carbons (Fsp3) is 0.733. The van der Waals surface area contributed by atoms with Gasteiger partial charge in [0.25, 0.3) is 5.91 Å². The van der Waals surface area contributed by atoms with E-state index in [9.17, 15) is 4.79 Å². The van der Waals surface area contributed by atoms with Crippen LogP contribution in [0, 0.1) is 5.92 Å². The molecule has 2 unspecified atom stereocenters. The van der Waals surface area contributed by atoms with Crippen LogP contribution in [0.1, 0.15) is 62.2 Å². The van der Waals surface area contributed by atoms with Gasteiger partial charge in [-0.1, -0.05) is 25.9 Å². The molecule has 0 aliphatic carbocycles. The predicted molar refractivity (Wildman–Crippen MR) is 77.7 cm³/mol. The summed E-state index contributed by atoms with van der Waals surface area (Å²) in [5, 5.41) is 10.4. The fourth-order valence-electron chi connectivity index (χ4n) is 2.76. The van der Waals surface area contributed by atoms with E-state index in [1.807, 2.05) is 0 Å². The van der Waals surface area contributed by atoms with Crippen LogP contribution in [0.25, 0.3) is 0 Å². The van der Waals surface area contributed by atoms with E-state index in [4.69, 9.17) is 4.52 Å². The Hall–Kier alpha value is -1.36. The molecule has 0 spiro atoms. The van der Waals surface area contributed by atoms with Crippen molar-refractivity contribution in [2.75, 3.05) is 13.1 Å². The first-order valence-electron chi connectivity index (χ1n) is 7.63. The molecule has 1 aromatic heterocycles. The SMILES string of the molecule is CCC(CC)c1cc(C(=O)NC2CCNCC2C)on1. The van der Waals surface area contributed by atoms with Gasteiger partial charge >= 0.3 is 0 Å². The second kappa shape index (κ2) is 6.88. The molecule has 2 rings (SSSR count). The van der Waals surface area contributed by atoms with E-state index in [0.29, 0.717) is 17.6 Å². The van der Waals surface area contributed by atoms with Crippen molar-refractivity contribution >= 4 is 5.91 Å². The van der Waals surface area contributed by atoms with Crippen LogP contribution in [0.4, 0.5) is 0 Å². The molecule has 1 aromatic rings. The number of aromatic nitrogens is 1. The molecule has 112 valence electrons. The normalized spacial score (nSPS) is 23.0. The van der Waals surface area contributed by atoms with Gasteiger partial charge in [0.1, 0.15) is 0 Å². The van der Waals surface area contributed by atoms with Crippen molar-refractivity contribution in [3.8, 4) is 0 Å². The monoisotopic (exact) mass is 279 g/mol. The molecule has 0 aromatic carbocycles. The standard InChI is InChI=1S/C15H25N3O2/c1-4-11(5-2)13-8-14(20-18-13)15(19)17-12-6-7-16-9-10(12)3/h8,10-12,16H,4-7,9H2,1-3H3,(H,17,19). The van der Waals surface area contributed by atoms with Crippen molar-refractivity contribution in [2.45, 2.75) is 52.0 Å². The summed E-state index contributed by atoms with van der Waals surface area (Å²) in [5.41, 5.74) is 0.888. The lowest BCUT2D eigenvalue weighted by molar-refractivity contribution is 0.0876. The summed E-state index contributed by atoms with van der Waals surface area (Å²) < 4.78 is 5.21. The molecule has 5 nitrogen and oxygen atoms in total. The van der Waals surface area contributed by atoms with Gasteiger partial charge in [-0.05, 0) is 38.3 Å². The molecule has 2 atom stereocenters. The van der Waals surface area contributed by atoms with Gasteiger partial charge in [0.15, 0.2) is 0 Å². The first-order chi connectivity index (χ1) is 9.65. The van der Waals surface area contributed by atoms with Gasteiger partial charge in [0, 0.05) is 18.0 Å². The minimum atomic E-state index is -0.145. The van der Waals surface area contributed by atoms with E-state index in [-0.39, 0.29) is 11.9 Å². The predicted octanol–water partition coefficient (Wildman–Crippen LogP) is 2.31. The van der Waals surface area contributed by atoms with Gasteiger partial charge in [-0.3, -0.25) is 4.79 Å². The molecule has 1 aliphatic rings. The molecular formula is C15H25N3O2. The Bertz CT molecular complexity index is 440. The number of amides is 1. The number of hydrogen-bond donors (Lipinski definition) is 2. The Kier molecular flexibility index (Phi) is 5.17. The highest BCUT2D eigenvalue weighted by Gasteiger charge is 2.25. The number of carbonyl (C=O) groups is 1. The average Bonchev–Trinajstić information content (AvgIpc) is 2.92. The third-order valence-electron chi connectivity index (χ3n) is 4.26. The van der Waals surface area contributed by atoms with Crippen molar-refractivity contribution in [2.24, 2.45) is 5.92 Å². The molecule has 0 saturated carbocycles. The van der Waals surface area contributed by atoms with E-state index < -0.39 is 0 Å². The van der Waals surface area contributed by atoms with Gasteiger partial charge in [0.2, 0.25) is 5.76 Å². The Morgan fingerprint density at radius 1 is 1.55 bits per heavy atom. The maximum Gasteiger partial charge on any atom is 0.290 e. The molecule has 5 heteroatoms. The summed E-state index contributed by atoms with van der Waals surface area (Å²) in [7, 11) is 0. The second-order valence-corrected chi connectivity index (χ2v) is 5.68. The summed E-state index contributed by atoms with van der Waals surface area (Å²) >= 11 is 0. The largest absolute Gasteiger partial charge is 0.351 e. The van der Waals surface area contributed by atoms with Crippen molar-refractivity contribution in [3.05, 3.63) is 17.5 Å². The number of nitrogens with zero attached hydrogens (tertiary/aromatic N) is 1. The first-order valence-corrected chi connectivity index (χ1v) is 7.63. The smallest absolute Gasteiger partial charge is 0.290 e. The molecule has 1 amide bonds. The third-order valence-corrected chi connectivity index (χ3v) is 4.26. The summed E-state index contributed by atoms with van der Waals surface area (Å²) in [6, 6.07) is 2.00. The maximum atomic E-state index is 12.2. The Balaban J connectivity index is 1.98. The number of nitrogens with one attached hydrogen (secondary N) is 2. The Morgan fingerprint density at radius 2 is 2.30 bits per heavy atom. The number of hydrogen-bond acceptors (Lipinski definition) is 4. The number of piperidine rings is 1. The van der Waals surface area contributed by atoms with E-state index in [1.54, 1.807) is 6.07 Å². The molecular weight excluding hydrogens is 254 g/mol. The summed E-state index contributed by atoms with van der Waals surface area (Å²) in [6.07, 6.45) is 2.98. The van der Waals surface area contributed by atoms with Crippen molar-refractivity contribution in [1.29, 1.82) is 0 Å². The zero-order chi connectivity index (χ0) is 14.5. The van der Waals surface area contributed by atoms with Crippen LogP contribution < -0.4 is 10.6 Å². The lowest BCUT2D eigenvalue weighted by atomic mass is 9.95.